The maximum atomic E-state index is 5.58. The first-order chi connectivity index (χ1) is 9.20. The molecule has 0 saturated carbocycles. The lowest BCUT2D eigenvalue weighted by Gasteiger charge is -2.08. The van der Waals surface area contributed by atoms with E-state index >= 15 is 0 Å². The third kappa shape index (κ3) is 1.93. The van der Waals surface area contributed by atoms with Crippen LogP contribution in [0.15, 0.2) is 35.5 Å². The molecule has 3 rings (SSSR count). The number of hydrogen-bond donors (Lipinski definition) is 0. The third-order valence-corrected chi connectivity index (χ3v) is 3.39. The van der Waals surface area contributed by atoms with Crippen LogP contribution in [-0.2, 0) is 6.42 Å². The summed E-state index contributed by atoms with van der Waals surface area (Å²) in [5.41, 5.74) is 5.04. The Morgan fingerprint density at radius 3 is 2.79 bits per heavy atom. The predicted octanol–water partition coefficient (Wildman–Crippen LogP) is 3.70. The van der Waals surface area contributed by atoms with Crippen molar-refractivity contribution in [3.05, 3.63) is 42.3 Å². The molecule has 0 amide bonds. The van der Waals surface area contributed by atoms with Gasteiger partial charge in [0.15, 0.2) is 12.0 Å². The average Bonchev–Trinajstić information content (AvgIpc) is 3.06. The van der Waals surface area contributed by atoms with Gasteiger partial charge in [-0.15, -0.1) is 0 Å². The first-order valence-corrected chi connectivity index (χ1v) is 6.60. The van der Waals surface area contributed by atoms with Gasteiger partial charge in [-0.05, 0) is 24.0 Å². The summed E-state index contributed by atoms with van der Waals surface area (Å²) in [5.74, 6) is 0.427. The lowest BCUT2D eigenvalue weighted by atomic mass is 10.0. The Kier molecular flexibility index (Phi) is 2.85. The van der Waals surface area contributed by atoms with Crippen molar-refractivity contribution in [2.75, 3.05) is 0 Å². The van der Waals surface area contributed by atoms with Crippen LogP contribution in [-0.4, -0.2) is 14.5 Å². The van der Waals surface area contributed by atoms with Crippen molar-refractivity contribution in [3.63, 3.8) is 0 Å². The maximum absolute atomic E-state index is 5.58. The second kappa shape index (κ2) is 4.53. The van der Waals surface area contributed by atoms with E-state index in [1.54, 1.807) is 0 Å². The molecule has 0 bridgehead atoms. The van der Waals surface area contributed by atoms with E-state index in [1.165, 1.54) is 12.0 Å². The SMILES string of the molecule is CCc1cn(-c2ccc(C(C)C)c3ncoc23)cn1. The predicted molar refractivity (Wildman–Crippen MR) is 74.6 cm³/mol. The number of rotatable bonds is 3. The van der Waals surface area contributed by atoms with Crippen LogP contribution in [0.5, 0.6) is 0 Å². The smallest absolute Gasteiger partial charge is 0.182 e. The van der Waals surface area contributed by atoms with Gasteiger partial charge >= 0.3 is 0 Å². The van der Waals surface area contributed by atoms with Gasteiger partial charge in [-0.2, -0.15) is 0 Å². The molecule has 3 aromatic rings. The Hall–Kier alpha value is -2.10. The Labute approximate surface area is 112 Å². The third-order valence-electron chi connectivity index (χ3n) is 3.39. The minimum atomic E-state index is 0.427. The number of benzene rings is 1. The van der Waals surface area contributed by atoms with Gasteiger partial charge in [-0.1, -0.05) is 26.8 Å². The monoisotopic (exact) mass is 255 g/mol. The lowest BCUT2D eigenvalue weighted by Crippen LogP contribution is -1.95. The summed E-state index contributed by atoms with van der Waals surface area (Å²) < 4.78 is 7.57. The summed E-state index contributed by atoms with van der Waals surface area (Å²) in [6, 6.07) is 4.19. The van der Waals surface area contributed by atoms with Gasteiger partial charge < -0.3 is 8.98 Å². The van der Waals surface area contributed by atoms with E-state index < -0.39 is 0 Å². The molecule has 0 fully saturated rings. The molecular weight excluding hydrogens is 238 g/mol. The minimum absolute atomic E-state index is 0.427. The number of nitrogens with zero attached hydrogens (tertiary/aromatic N) is 3. The average molecular weight is 255 g/mol. The molecule has 0 N–H and O–H groups in total. The zero-order chi connectivity index (χ0) is 13.4. The quantitative estimate of drug-likeness (QED) is 0.716. The van der Waals surface area contributed by atoms with E-state index in [0.29, 0.717) is 5.92 Å². The fourth-order valence-electron chi connectivity index (χ4n) is 2.30. The highest BCUT2D eigenvalue weighted by atomic mass is 16.3. The molecule has 4 nitrogen and oxygen atoms in total. The van der Waals surface area contributed by atoms with E-state index in [-0.39, 0.29) is 0 Å². The first kappa shape index (κ1) is 12.0. The number of aryl methyl sites for hydroxylation is 1. The van der Waals surface area contributed by atoms with E-state index in [4.69, 9.17) is 4.42 Å². The van der Waals surface area contributed by atoms with Gasteiger partial charge in [0.2, 0.25) is 0 Å². The van der Waals surface area contributed by atoms with Crippen LogP contribution >= 0.6 is 0 Å². The molecule has 0 spiro atoms. The van der Waals surface area contributed by atoms with Crippen molar-refractivity contribution in [3.8, 4) is 5.69 Å². The van der Waals surface area contributed by atoms with Crippen LogP contribution in [0.2, 0.25) is 0 Å². The van der Waals surface area contributed by atoms with Gasteiger partial charge in [0.05, 0.1) is 17.7 Å². The summed E-state index contributed by atoms with van der Waals surface area (Å²) in [7, 11) is 0. The van der Waals surface area contributed by atoms with Crippen molar-refractivity contribution in [2.45, 2.75) is 33.1 Å². The largest absolute Gasteiger partial charge is 0.441 e. The van der Waals surface area contributed by atoms with Gasteiger partial charge in [0.1, 0.15) is 5.52 Å². The van der Waals surface area contributed by atoms with Crippen molar-refractivity contribution in [1.29, 1.82) is 0 Å². The van der Waals surface area contributed by atoms with Crippen LogP contribution in [0.3, 0.4) is 0 Å². The highest BCUT2D eigenvalue weighted by molar-refractivity contribution is 5.84. The Bertz CT molecular complexity index is 709. The topological polar surface area (TPSA) is 43.9 Å². The number of aromatic nitrogens is 3. The Morgan fingerprint density at radius 2 is 2.11 bits per heavy atom. The molecule has 0 radical (unpaired) electrons. The van der Waals surface area contributed by atoms with Gasteiger partial charge in [0, 0.05) is 6.20 Å². The molecule has 2 aromatic heterocycles. The van der Waals surface area contributed by atoms with Crippen LogP contribution in [0.4, 0.5) is 0 Å². The highest BCUT2D eigenvalue weighted by Crippen LogP contribution is 2.29. The zero-order valence-corrected chi connectivity index (χ0v) is 11.4. The Morgan fingerprint density at radius 1 is 1.26 bits per heavy atom. The fourth-order valence-corrected chi connectivity index (χ4v) is 2.30. The molecule has 0 aliphatic rings. The summed E-state index contributed by atoms with van der Waals surface area (Å²) in [5, 5.41) is 0. The minimum Gasteiger partial charge on any atom is -0.441 e. The molecule has 0 atom stereocenters. The molecule has 1 aromatic carbocycles. The fraction of sp³-hybridized carbons (Fsp3) is 0.333. The van der Waals surface area contributed by atoms with E-state index in [0.717, 1.165) is 28.9 Å². The molecule has 0 aliphatic heterocycles. The van der Waals surface area contributed by atoms with Crippen molar-refractivity contribution in [1.82, 2.24) is 14.5 Å². The van der Waals surface area contributed by atoms with E-state index in [1.807, 2.05) is 17.1 Å². The summed E-state index contributed by atoms with van der Waals surface area (Å²) in [4.78, 5) is 8.71. The van der Waals surface area contributed by atoms with E-state index in [9.17, 15) is 0 Å². The standard InChI is InChI=1S/C15H17N3O/c1-4-11-7-18(8-16-11)13-6-5-12(10(2)3)14-15(13)19-9-17-14/h5-10H,4H2,1-3H3. The Balaban J connectivity index is 2.20. The molecule has 19 heavy (non-hydrogen) atoms. The number of oxazole rings is 1. The second-order valence-corrected chi connectivity index (χ2v) is 4.98. The van der Waals surface area contributed by atoms with Crippen LogP contribution in [0.25, 0.3) is 16.8 Å². The number of fused-ring (bicyclic) bond motifs is 1. The highest BCUT2D eigenvalue weighted by Gasteiger charge is 2.14. The molecular formula is C15H17N3O. The molecule has 0 aliphatic carbocycles. The van der Waals surface area contributed by atoms with Crippen molar-refractivity contribution >= 4 is 11.1 Å². The molecule has 0 unspecified atom stereocenters. The molecule has 0 saturated heterocycles. The molecule has 2 heterocycles. The first-order valence-electron chi connectivity index (χ1n) is 6.60. The normalized spacial score (nSPS) is 11.6. The van der Waals surface area contributed by atoms with Gasteiger partial charge in [0.25, 0.3) is 0 Å². The summed E-state index contributed by atoms with van der Waals surface area (Å²) >= 11 is 0. The molecule has 4 heteroatoms. The van der Waals surface area contributed by atoms with E-state index in [2.05, 4.69) is 42.9 Å². The van der Waals surface area contributed by atoms with Crippen LogP contribution in [0, 0.1) is 0 Å². The van der Waals surface area contributed by atoms with Gasteiger partial charge in [-0.25, -0.2) is 9.97 Å². The van der Waals surface area contributed by atoms with Crippen molar-refractivity contribution in [2.24, 2.45) is 0 Å². The summed E-state index contributed by atoms with van der Waals surface area (Å²) in [6.07, 6.45) is 6.30. The van der Waals surface area contributed by atoms with Crippen LogP contribution < -0.4 is 0 Å². The zero-order valence-electron chi connectivity index (χ0n) is 11.4. The van der Waals surface area contributed by atoms with Crippen LogP contribution in [0.1, 0.15) is 37.9 Å². The number of hydrogen-bond acceptors (Lipinski definition) is 3. The molecule has 98 valence electrons. The lowest BCUT2D eigenvalue weighted by molar-refractivity contribution is 0.599. The van der Waals surface area contributed by atoms with Crippen molar-refractivity contribution < 1.29 is 4.42 Å². The maximum Gasteiger partial charge on any atom is 0.182 e. The van der Waals surface area contributed by atoms with Gasteiger partial charge in [-0.3, -0.25) is 0 Å². The summed E-state index contributed by atoms with van der Waals surface area (Å²) in [6.45, 7) is 6.42. The number of imidazole rings is 1. The second-order valence-electron chi connectivity index (χ2n) is 4.98.